The van der Waals surface area contributed by atoms with Crippen LogP contribution in [0.1, 0.15) is 31.9 Å². The average molecular weight is 301 g/mol. The SMILES string of the molecule is Cc1ccnc(-c2ccc(-c3ccccc3C(C)(C)C)cc2)c1. The monoisotopic (exact) mass is 301 g/mol. The van der Waals surface area contributed by atoms with Crippen molar-refractivity contribution in [1.82, 2.24) is 4.98 Å². The van der Waals surface area contributed by atoms with Crippen LogP contribution in [-0.4, -0.2) is 4.98 Å². The maximum Gasteiger partial charge on any atom is 0.0704 e. The highest BCUT2D eigenvalue weighted by atomic mass is 14.7. The van der Waals surface area contributed by atoms with E-state index in [1.54, 1.807) is 0 Å². The fourth-order valence-electron chi connectivity index (χ4n) is 2.90. The Kier molecular flexibility index (Phi) is 4.04. The van der Waals surface area contributed by atoms with Gasteiger partial charge in [0.15, 0.2) is 0 Å². The van der Waals surface area contributed by atoms with Gasteiger partial charge in [-0.2, -0.15) is 0 Å². The Hall–Kier alpha value is -2.41. The molecular weight excluding hydrogens is 278 g/mol. The lowest BCUT2D eigenvalue weighted by Crippen LogP contribution is -2.12. The van der Waals surface area contributed by atoms with Crippen LogP contribution in [-0.2, 0) is 5.41 Å². The minimum atomic E-state index is 0.132. The number of pyridine rings is 1. The van der Waals surface area contributed by atoms with Crippen molar-refractivity contribution in [3.05, 3.63) is 78.0 Å². The molecule has 2 aromatic carbocycles. The summed E-state index contributed by atoms with van der Waals surface area (Å²) in [4.78, 5) is 4.47. The number of benzene rings is 2. The Morgan fingerprint density at radius 1 is 0.783 bits per heavy atom. The molecule has 0 bridgehead atoms. The second-order valence-electron chi connectivity index (χ2n) is 7.09. The smallest absolute Gasteiger partial charge is 0.0704 e. The maximum absolute atomic E-state index is 4.47. The molecule has 0 aliphatic carbocycles. The van der Waals surface area contributed by atoms with Crippen LogP contribution in [0, 0.1) is 6.92 Å². The van der Waals surface area contributed by atoms with Crippen molar-refractivity contribution < 1.29 is 0 Å². The van der Waals surface area contributed by atoms with Gasteiger partial charge in [0.1, 0.15) is 0 Å². The van der Waals surface area contributed by atoms with E-state index in [0.717, 1.165) is 11.3 Å². The minimum absolute atomic E-state index is 0.132. The molecule has 0 saturated heterocycles. The Bertz CT molecular complexity index is 808. The van der Waals surface area contributed by atoms with Gasteiger partial charge in [-0.3, -0.25) is 4.98 Å². The Balaban J connectivity index is 2.01. The molecule has 0 saturated carbocycles. The molecule has 0 fully saturated rings. The zero-order valence-electron chi connectivity index (χ0n) is 14.3. The predicted molar refractivity (Wildman–Crippen MR) is 98.5 cm³/mol. The summed E-state index contributed by atoms with van der Waals surface area (Å²) in [5.41, 5.74) is 7.49. The molecule has 3 rings (SSSR count). The molecule has 0 N–H and O–H groups in total. The minimum Gasteiger partial charge on any atom is -0.256 e. The Morgan fingerprint density at radius 2 is 1.43 bits per heavy atom. The van der Waals surface area contributed by atoms with Crippen molar-refractivity contribution in [1.29, 1.82) is 0 Å². The van der Waals surface area contributed by atoms with E-state index in [9.17, 15) is 0 Å². The molecule has 3 aromatic rings. The number of rotatable bonds is 2. The average Bonchev–Trinajstić information content (AvgIpc) is 2.54. The Morgan fingerprint density at radius 3 is 2.09 bits per heavy atom. The van der Waals surface area contributed by atoms with Gasteiger partial charge >= 0.3 is 0 Å². The van der Waals surface area contributed by atoms with Crippen molar-refractivity contribution in [3.63, 3.8) is 0 Å². The van der Waals surface area contributed by atoms with Crippen molar-refractivity contribution in [2.75, 3.05) is 0 Å². The van der Waals surface area contributed by atoms with Crippen LogP contribution < -0.4 is 0 Å². The zero-order valence-corrected chi connectivity index (χ0v) is 14.3. The predicted octanol–water partition coefficient (Wildman–Crippen LogP) is 6.02. The summed E-state index contributed by atoms with van der Waals surface area (Å²) in [7, 11) is 0. The van der Waals surface area contributed by atoms with E-state index in [4.69, 9.17) is 0 Å². The number of nitrogens with zero attached hydrogens (tertiary/aromatic N) is 1. The van der Waals surface area contributed by atoms with E-state index < -0.39 is 0 Å². The highest BCUT2D eigenvalue weighted by Crippen LogP contribution is 2.33. The third kappa shape index (κ3) is 3.34. The first-order valence-corrected chi connectivity index (χ1v) is 8.08. The van der Waals surface area contributed by atoms with Crippen molar-refractivity contribution in [2.24, 2.45) is 0 Å². The van der Waals surface area contributed by atoms with Crippen LogP contribution in [0.25, 0.3) is 22.4 Å². The number of hydrogen-bond donors (Lipinski definition) is 0. The molecule has 0 atom stereocenters. The first-order valence-electron chi connectivity index (χ1n) is 8.08. The number of aromatic nitrogens is 1. The first-order chi connectivity index (χ1) is 10.9. The van der Waals surface area contributed by atoms with Gasteiger partial charge in [-0.05, 0) is 46.7 Å². The fraction of sp³-hybridized carbons (Fsp3) is 0.227. The molecule has 1 heterocycles. The van der Waals surface area contributed by atoms with Crippen LogP contribution >= 0.6 is 0 Å². The summed E-state index contributed by atoms with van der Waals surface area (Å²) in [6.45, 7) is 8.88. The van der Waals surface area contributed by atoms with E-state index in [1.807, 2.05) is 12.3 Å². The van der Waals surface area contributed by atoms with E-state index in [0.29, 0.717) is 0 Å². The van der Waals surface area contributed by atoms with E-state index in [-0.39, 0.29) is 5.41 Å². The molecule has 0 radical (unpaired) electrons. The van der Waals surface area contributed by atoms with Gasteiger partial charge < -0.3 is 0 Å². The van der Waals surface area contributed by atoms with Gasteiger partial charge in [-0.25, -0.2) is 0 Å². The largest absolute Gasteiger partial charge is 0.256 e. The van der Waals surface area contributed by atoms with Crippen molar-refractivity contribution >= 4 is 0 Å². The highest BCUT2D eigenvalue weighted by Gasteiger charge is 2.18. The fourth-order valence-corrected chi connectivity index (χ4v) is 2.90. The van der Waals surface area contributed by atoms with Gasteiger partial charge in [-0.1, -0.05) is 69.3 Å². The second-order valence-corrected chi connectivity index (χ2v) is 7.09. The molecule has 1 aromatic heterocycles. The topological polar surface area (TPSA) is 12.9 Å². The lowest BCUT2D eigenvalue weighted by molar-refractivity contribution is 0.592. The van der Waals surface area contributed by atoms with Crippen molar-refractivity contribution in [2.45, 2.75) is 33.1 Å². The maximum atomic E-state index is 4.47. The van der Waals surface area contributed by atoms with Gasteiger partial charge in [-0.15, -0.1) is 0 Å². The standard InChI is InChI=1S/C22H23N/c1-16-13-14-23-21(15-16)18-11-9-17(10-12-18)19-7-5-6-8-20(19)22(2,3)4/h5-15H,1-4H3. The first kappa shape index (κ1) is 15.5. The molecule has 0 amide bonds. The summed E-state index contributed by atoms with van der Waals surface area (Å²) in [5.74, 6) is 0. The number of hydrogen-bond acceptors (Lipinski definition) is 1. The lowest BCUT2D eigenvalue weighted by atomic mass is 9.82. The molecule has 23 heavy (non-hydrogen) atoms. The molecule has 1 heteroatoms. The normalized spacial score (nSPS) is 11.5. The molecule has 0 unspecified atom stereocenters. The summed E-state index contributed by atoms with van der Waals surface area (Å²) in [6.07, 6.45) is 1.87. The van der Waals surface area contributed by atoms with Crippen LogP contribution in [0.2, 0.25) is 0 Å². The summed E-state index contributed by atoms with van der Waals surface area (Å²) >= 11 is 0. The van der Waals surface area contributed by atoms with E-state index in [2.05, 4.69) is 87.3 Å². The second kappa shape index (κ2) is 6.00. The molecule has 0 aliphatic rings. The van der Waals surface area contributed by atoms with Crippen LogP contribution in [0.4, 0.5) is 0 Å². The zero-order chi connectivity index (χ0) is 16.4. The molecular formula is C22H23N. The Labute approximate surface area is 139 Å². The molecule has 1 nitrogen and oxygen atoms in total. The van der Waals surface area contributed by atoms with Gasteiger partial charge in [0.05, 0.1) is 5.69 Å². The van der Waals surface area contributed by atoms with Crippen LogP contribution in [0.15, 0.2) is 66.9 Å². The molecule has 0 aliphatic heterocycles. The van der Waals surface area contributed by atoms with Crippen molar-refractivity contribution in [3.8, 4) is 22.4 Å². The van der Waals surface area contributed by atoms with Gasteiger partial charge in [0.25, 0.3) is 0 Å². The summed E-state index contributed by atoms with van der Waals surface area (Å²) < 4.78 is 0. The van der Waals surface area contributed by atoms with Crippen LogP contribution in [0.5, 0.6) is 0 Å². The quantitative estimate of drug-likeness (QED) is 0.564. The number of aryl methyl sites for hydroxylation is 1. The van der Waals surface area contributed by atoms with E-state index >= 15 is 0 Å². The summed E-state index contributed by atoms with van der Waals surface area (Å²) in [6, 6.07) is 21.5. The summed E-state index contributed by atoms with van der Waals surface area (Å²) in [5, 5.41) is 0. The highest BCUT2D eigenvalue weighted by molar-refractivity contribution is 5.72. The third-order valence-corrected chi connectivity index (χ3v) is 4.14. The van der Waals surface area contributed by atoms with E-state index in [1.165, 1.54) is 22.3 Å². The molecule has 116 valence electrons. The van der Waals surface area contributed by atoms with Crippen LogP contribution in [0.3, 0.4) is 0 Å². The third-order valence-electron chi connectivity index (χ3n) is 4.14. The van der Waals surface area contributed by atoms with Gasteiger partial charge in [0.2, 0.25) is 0 Å². The lowest BCUT2D eigenvalue weighted by Gasteiger charge is -2.23. The molecule has 0 spiro atoms. The van der Waals surface area contributed by atoms with Gasteiger partial charge in [0, 0.05) is 11.8 Å².